The minimum absolute atomic E-state index is 0.458. The Bertz CT molecular complexity index is 341. The number of hydrogen-bond acceptors (Lipinski definition) is 2. The number of nitrogens with one attached hydrogen (secondary N) is 1. The topological polar surface area (TPSA) is 21.3 Å². The van der Waals surface area contributed by atoms with Crippen molar-refractivity contribution in [3.05, 3.63) is 35.4 Å². The maximum atomic E-state index is 5.69. The van der Waals surface area contributed by atoms with E-state index in [-0.39, 0.29) is 0 Å². The summed E-state index contributed by atoms with van der Waals surface area (Å²) in [6, 6.07) is 9.46. The molecule has 1 saturated heterocycles. The first-order valence-corrected chi connectivity index (χ1v) is 7.21. The molecule has 2 unspecified atom stereocenters. The van der Waals surface area contributed by atoms with E-state index in [2.05, 4.69) is 36.5 Å². The van der Waals surface area contributed by atoms with Crippen LogP contribution in [-0.2, 0) is 11.2 Å². The molecule has 0 saturated carbocycles. The van der Waals surface area contributed by atoms with Gasteiger partial charge in [0.1, 0.15) is 0 Å². The van der Waals surface area contributed by atoms with E-state index in [9.17, 15) is 0 Å². The average Bonchev–Trinajstić information content (AvgIpc) is 2.93. The fourth-order valence-electron chi connectivity index (χ4n) is 2.69. The summed E-state index contributed by atoms with van der Waals surface area (Å²) in [4.78, 5) is 0. The molecule has 1 fully saturated rings. The molecule has 0 amide bonds. The number of benzene rings is 1. The van der Waals surface area contributed by atoms with E-state index in [4.69, 9.17) is 4.74 Å². The monoisotopic (exact) mass is 247 g/mol. The van der Waals surface area contributed by atoms with Crippen molar-refractivity contribution in [3.8, 4) is 0 Å². The summed E-state index contributed by atoms with van der Waals surface area (Å²) in [5.41, 5.74) is 2.81. The second-order valence-corrected chi connectivity index (χ2v) is 5.15. The summed E-state index contributed by atoms with van der Waals surface area (Å²) in [7, 11) is 2.05. The Balaban J connectivity index is 1.89. The van der Waals surface area contributed by atoms with Crippen LogP contribution in [-0.4, -0.2) is 19.8 Å². The molecule has 1 aliphatic heterocycles. The third-order valence-electron chi connectivity index (χ3n) is 3.94. The summed E-state index contributed by atoms with van der Waals surface area (Å²) in [5.74, 6) is 0. The van der Waals surface area contributed by atoms with Crippen molar-refractivity contribution in [3.63, 3.8) is 0 Å². The zero-order chi connectivity index (χ0) is 12.8. The van der Waals surface area contributed by atoms with Gasteiger partial charge in [0.05, 0.1) is 6.10 Å². The lowest BCUT2D eigenvalue weighted by Gasteiger charge is -2.19. The van der Waals surface area contributed by atoms with Gasteiger partial charge in [-0.25, -0.2) is 0 Å². The van der Waals surface area contributed by atoms with Gasteiger partial charge in [-0.1, -0.05) is 31.2 Å². The molecule has 0 aliphatic carbocycles. The maximum Gasteiger partial charge on any atom is 0.0576 e. The Hall–Kier alpha value is -0.860. The van der Waals surface area contributed by atoms with Crippen molar-refractivity contribution < 1.29 is 4.74 Å². The Labute approximate surface area is 111 Å². The van der Waals surface area contributed by atoms with Crippen LogP contribution in [0, 0.1) is 0 Å². The predicted molar refractivity (Wildman–Crippen MR) is 75.8 cm³/mol. The highest BCUT2D eigenvalue weighted by molar-refractivity contribution is 5.25. The first-order chi connectivity index (χ1) is 8.83. The minimum atomic E-state index is 0.458. The zero-order valence-electron chi connectivity index (χ0n) is 11.6. The minimum Gasteiger partial charge on any atom is -0.378 e. The molecule has 1 aliphatic rings. The van der Waals surface area contributed by atoms with Gasteiger partial charge < -0.3 is 10.1 Å². The summed E-state index contributed by atoms with van der Waals surface area (Å²) >= 11 is 0. The molecule has 0 aromatic heterocycles. The van der Waals surface area contributed by atoms with E-state index in [0.717, 1.165) is 19.4 Å². The highest BCUT2D eigenvalue weighted by Crippen LogP contribution is 2.24. The third kappa shape index (κ3) is 3.56. The van der Waals surface area contributed by atoms with Gasteiger partial charge in [0.2, 0.25) is 0 Å². The van der Waals surface area contributed by atoms with Crippen LogP contribution in [0.5, 0.6) is 0 Å². The molecule has 2 rings (SSSR count). The van der Waals surface area contributed by atoms with Crippen molar-refractivity contribution in [2.45, 2.75) is 51.2 Å². The lowest BCUT2D eigenvalue weighted by atomic mass is 9.98. The van der Waals surface area contributed by atoms with Gasteiger partial charge in [-0.2, -0.15) is 0 Å². The van der Waals surface area contributed by atoms with E-state index in [1.165, 1.54) is 30.4 Å². The molecule has 18 heavy (non-hydrogen) atoms. The van der Waals surface area contributed by atoms with E-state index in [0.29, 0.717) is 12.1 Å². The van der Waals surface area contributed by atoms with Crippen LogP contribution >= 0.6 is 0 Å². The molecule has 1 N–H and O–H groups in total. The lowest BCUT2D eigenvalue weighted by Crippen LogP contribution is -2.18. The van der Waals surface area contributed by atoms with Crippen LogP contribution in [0.3, 0.4) is 0 Å². The SMILES string of the molecule is CCc1ccc(C(CCC2CCCO2)NC)cc1. The molecule has 2 atom stereocenters. The zero-order valence-corrected chi connectivity index (χ0v) is 11.6. The van der Waals surface area contributed by atoms with Gasteiger partial charge in [-0.05, 0) is 50.3 Å². The maximum absolute atomic E-state index is 5.69. The van der Waals surface area contributed by atoms with Crippen LogP contribution in [0.15, 0.2) is 24.3 Å². The van der Waals surface area contributed by atoms with Gasteiger partial charge >= 0.3 is 0 Å². The summed E-state index contributed by atoms with van der Waals surface area (Å²) < 4.78 is 5.69. The molecule has 100 valence electrons. The number of rotatable bonds is 6. The van der Waals surface area contributed by atoms with Crippen LogP contribution in [0.25, 0.3) is 0 Å². The Kier molecular flexibility index (Phi) is 5.21. The van der Waals surface area contributed by atoms with E-state index < -0.39 is 0 Å². The predicted octanol–water partition coefficient (Wildman–Crippen LogP) is 3.47. The van der Waals surface area contributed by atoms with Crippen LogP contribution < -0.4 is 5.32 Å². The van der Waals surface area contributed by atoms with Gasteiger partial charge in [0, 0.05) is 12.6 Å². The summed E-state index contributed by atoms with van der Waals surface area (Å²) in [5, 5.41) is 3.42. The van der Waals surface area contributed by atoms with Gasteiger partial charge in [-0.3, -0.25) is 0 Å². The van der Waals surface area contributed by atoms with Crippen LogP contribution in [0.2, 0.25) is 0 Å². The number of hydrogen-bond donors (Lipinski definition) is 1. The lowest BCUT2D eigenvalue weighted by molar-refractivity contribution is 0.0998. The van der Waals surface area contributed by atoms with Crippen LogP contribution in [0.4, 0.5) is 0 Å². The van der Waals surface area contributed by atoms with Crippen molar-refractivity contribution in [1.82, 2.24) is 5.32 Å². The summed E-state index contributed by atoms with van der Waals surface area (Å²) in [6.45, 7) is 3.15. The van der Waals surface area contributed by atoms with Crippen molar-refractivity contribution in [2.75, 3.05) is 13.7 Å². The second kappa shape index (κ2) is 6.91. The molecule has 1 heterocycles. The Morgan fingerprint density at radius 2 is 2.11 bits per heavy atom. The van der Waals surface area contributed by atoms with Crippen molar-refractivity contribution >= 4 is 0 Å². The van der Waals surface area contributed by atoms with Crippen LogP contribution in [0.1, 0.15) is 49.8 Å². The second-order valence-electron chi connectivity index (χ2n) is 5.15. The molecule has 1 aromatic carbocycles. The molecule has 2 heteroatoms. The molecular formula is C16H25NO. The van der Waals surface area contributed by atoms with E-state index in [1.807, 2.05) is 7.05 Å². The fourth-order valence-corrected chi connectivity index (χ4v) is 2.69. The molecule has 0 radical (unpaired) electrons. The highest BCUT2D eigenvalue weighted by Gasteiger charge is 2.17. The smallest absolute Gasteiger partial charge is 0.0576 e. The van der Waals surface area contributed by atoms with Gasteiger partial charge in [0.25, 0.3) is 0 Å². The standard InChI is InChI=1S/C16H25NO/c1-3-13-6-8-14(9-7-13)16(17-2)11-10-15-5-4-12-18-15/h6-9,15-17H,3-5,10-12H2,1-2H3. The van der Waals surface area contributed by atoms with Gasteiger partial charge in [0.15, 0.2) is 0 Å². The molecule has 2 nitrogen and oxygen atoms in total. The average molecular weight is 247 g/mol. The Morgan fingerprint density at radius 1 is 1.33 bits per heavy atom. The Morgan fingerprint density at radius 3 is 2.67 bits per heavy atom. The quantitative estimate of drug-likeness (QED) is 0.831. The first-order valence-electron chi connectivity index (χ1n) is 7.21. The molecule has 0 spiro atoms. The summed E-state index contributed by atoms with van der Waals surface area (Å²) in [6.07, 6.45) is 6.41. The normalized spacial score (nSPS) is 21.1. The number of ether oxygens (including phenoxy) is 1. The van der Waals surface area contributed by atoms with Crippen molar-refractivity contribution in [1.29, 1.82) is 0 Å². The first kappa shape index (κ1) is 13.6. The fraction of sp³-hybridized carbons (Fsp3) is 0.625. The largest absolute Gasteiger partial charge is 0.378 e. The van der Waals surface area contributed by atoms with E-state index in [1.54, 1.807) is 0 Å². The molecular weight excluding hydrogens is 222 g/mol. The van der Waals surface area contributed by atoms with Crippen molar-refractivity contribution in [2.24, 2.45) is 0 Å². The highest BCUT2D eigenvalue weighted by atomic mass is 16.5. The number of aryl methyl sites for hydroxylation is 1. The third-order valence-corrected chi connectivity index (χ3v) is 3.94. The molecule has 0 bridgehead atoms. The molecule has 1 aromatic rings. The van der Waals surface area contributed by atoms with E-state index >= 15 is 0 Å². The van der Waals surface area contributed by atoms with Gasteiger partial charge in [-0.15, -0.1) is 0 Å².